The van der Waals surface area contributed by atoms with Gasteiger partial charge in [0, 0.05) is 18.0 Å². The molecule has 1 aromatic carbocycles. The van der Waals surface area contributed by atoms with Crippen LogP contribution in [0.2, 0.25) is 5.28 Å². The summed E-state index contributed by atoms with van der Waals surface area (Å²) in [6.45, 7) is 2.98. The summed E-state index contributed by atoms with van der Waals surface area (Å²) < 4.78 is 10.6. The average Bonchev–Trinajstić information content (AvgIpc) is 2.45. The van der Waals surface area contributed by atoms with Crippen molar-refractivity contribution < 1.29 is 9.47 Å². The number of rotatable bonds is 6. The van der Waals surface area contributed by atoms with Gasteiger partial charge >= 0.3 is 0 Å². The van der Waals surface area contributed by atoms with E-state index in [4.69, 9.17) is 21.1 Å². The molecule has 1 heterocycles. The van der Waals surface area contributed by atoms with E-state index in [-0.39, 0.29) is 5.28 Å². The van der Waals surface area contributed by atoms with Crippen LogP contribution in [-0.2, 0) is 0 Å². The Bertz CT molecular complexity index is 604. The Morgan fingerprint density at radius 2 is 1.85 bits per heavy atom. The molecule has 0 radical (unpaired) electrons. The minimum Gasteiger partial charge on any atom is -0.493 e. The lowest BCUT2D eigenvalue weighted by atomic mass is 10.2. The molecule has 0 bridgehead atoms. The van der Waals surface area contributed by atoms with E-state index in [0.29, 0.717) is 11.5 Å². The molecule has 0 aliphatic carbocycles. The number of hydrogen-bond donors (Lipinski definition) is 1. The van der Waals surface area contributed by atoms with Crippen LogP contribution in [0.3, 0.4) is 0 Å². The first kappa shape index (κ1) is 14.7. The number of anilines is 1. The van der Waals surface area contributed by atoms with Crippen molar-refractivity contribution in [2.75, 3.05) is 26.1 Å². The van der Waals surface area contributed by atoms with Gasteiger partial charge in [-0.25, -0.2) is 9.97 Å². The Hall–Kier alpha value is -1.75. The minimum absolute atomic E-state index is 0.212. The molecule has 0 saturated heterocycles. The van der Waals surface area contributed by atoms with Gasteiger partial charge in [-0.3, -0.25) is 0 Å². The highest BCUT2D eigenvalue weighted by Gasteiger charge is 2.12. The number of nitrogens with one attached hydrogen (secondary N) is 1. The first-order valence-electron chi connectivity index (χ1n) is 6.52. The van der Waals surface area contributed by atoms with Gasteiger partial charge in [0.25, 0.3) is 0 Å². The molecule has 1 aromatic heterocycles. The number of ether oxygens (including phenoxy) is 2. The molecule has 0 atom stereocenters. The summed E-state index contributed by atoms with van der Waals surface area (Å²) >= 11 is 5.97. The zero-order valence-electron chi connectivity index (χ0n) is 11.9. The van der Waals surface area contributed by atoms with Crippen molar-refractivity contribution in [2.24, 2.45) is 0 Å². The normalized spacial score (nSPS) is 10.6. The van der Waals surface area contributed by atoms with Crippen LogP contribution in [0.4, 0.5) is 5.82 Å². The highest BCUT2D eigenvalue weighted by atomic mass is 35.5. The van der Waals surface area contributed by atoms with Gasteiger partial charge in [0.1, 0.15) is 5.82 Å². The molecule has 0 fully saturated rings. The molecule has 0 aliphatic heterocycles. The third kappa shape index (κ3) is 3.04. The predicted octanol–water partition coefficient (Wildman–Crippen LogP) is 3.51. The SMILES string of the molecule is CCCCNc1nc(Cl)nc2cc(OC)c(OC)cc12. The summed E-state index contributed by atoms with van der Waals surface area (Å²) in [6.07, 6.45) is 2.18. The van der Waals surface area contributed by atoms with Gasteiger partial charge in [0.15, 0.2) is 11.5 Å². The quantitative estimate of drug-likeness (QED) is 0.653. The van der Waals surface area contributed by atoms with E-state index in [0.717, 1.165) is 36.1 Å². The van der Waals surface area contributed by atoms with Gasteiger partial charge in [0.2, 0.25) is 5.28 Å². The van der Waals surface area contributed by atoms with Gasteiger partial charge in [-0.2, -0.15) is 0 Å². The summed E-state index contributed by atoms with van der Waals surface area (Å²) in [6, 6.07) is 3.66. The lowest BCUT2D eigenvalue weighted by Gasteiger charge is -2.12. The molecule has 0 saturated carbocycles. The third-order valence-corrected chi connectivity index (χ3v) is 3.17. The fourth-order valence-corrected chi connectivity index (χ4v) is 2.12. The molecule has 108 valence electrons. The van der Waals surface area contributed by atoms with Crippen molar-refractivity contribution >= 4 is 28.3 Å². The zero-order valence-corrected chi connectivity index (χ0v) is 12.6. The van der Waals surface area contributed by atoms with E-state index >= 15 is 0 Å². The van der Waals surface area contributed by atoms with Crippen LogP contribution >= 0.6 is 11.6 Å². The standard InChI is InChI=1S/C14H18ClN3O2/c1-4-5-6-16-13-9-7-11(19-2)12(20-3)8-10(9)17-14(15)18-13/h7-8H,4-6H2,1-3H3,(H,16,17,18). The molecule has 2 rings (SSSR count). The van der Waals surface area contributed by atoms with E-state index in [1.54, 1.807) is 20.3 Å². The maximum Gasteiger partial charge on any atom is 0.224 e. The number of benzene rings is 1. The summed E-state index contributed by atoms with van der Waals surface area (Å²) in [5.41, 5.74) is 0.724. The monoisotopic (exact) mass is 295 g/mol. The second kappa shape index (κ2) is 6.61. The van der Waals surface area contributed by atoms with Crippen molar-refractivity contribution in [1.82, 2.24) is 9.97 Å². The molecular formula is C14H18ClN3O2. The first-order valence-corrected chi connectivity index (χ1v) is 6.90. The van der Waals surface area contributed by atoms with Crippen LogP contribution in [0.15, 0.2) is 12.1 Å². The van der Waals surface area contributed by atoms with Crippen molar-refractivity contribution in [2.45, 2.75) is 19.8 Å². The van der Waals surface area contributed by atoms with E-state index in [9.17, 15) is 0 Å². The predicted molar refractivity (Wildman–Crippen MR) is 81.0 cm³/mol. The first-order chi connectivity index (χ1) is 9.69. The van der Waals surface area contributed by atoms with Crippen LogP contribution in [0.25, 0.3) is 10.9 Å². The zero-order chi connectivity index (χ0) is 14.5. The molecule has 0 amide bonds. The van der Waals surface area contributed by atoms with Gasteiger partial charge in [-0.15, -0.1) is 0 Å². The van der Waals surface area contributed by atoms with Crippen molar-refractivity contribution in [3.05, 3.63) is 17.4 Å². The number of halogens is 1. The Kier molecular flexibility index (Phi) is 4.84. The van der Waals surface area contributed by atoms with Gasteiger partial charge in [0.05, 0.1) is 19.7 Å². The maximum atomic E-state index is 5.97. The fraction of sp³-hybridized carbons (Fsp3) is 0.429. The van der Waals surface area contributed by atoms with Crippen molar-refractivity contribution in [3.63, 3.8) is 0 Å². The molecule has 2 aromatic rings. The summed E-state index contributed by atoms with van der Waals surface area (Å²) in [5, 5.41) is 4.36. The molecule has 1 N–H and O–H groups in total. The minimum atomic E-state index is 0.212. The number of methoxy groups -OCH3 is 2. The number of fused-ring (bicyclic) bond motifs is 1. The molecule has 0 unspecified atom stereocenters. The Balaban J connectivity index is 2.50. The average molecular weight is 296 g/mol. The molecule has 20 heavy (non-hydrogen) atoms. The maximum absolute atomic E-state index is 5.97. The lowest BCUT2D eigenvalue weighted by Crippen LogP contribution is -2.05. The highest BCUT2D eigenvalue weighted by molar-refractivity contribution is 6.28. The third-order valence-electron chi connectivity index (χ3n) is 3.00. The van der Waals surface area contributed by atoms with E-state index in [1.807, 2.05) is 6.07 Å². The Morgan fingerprint density at radius 3 is 2.50 bits per heavy atom. The molecular weight excluding hydrogens is 278 g/mol. The van der Waals surface area contributed by atoms with Crippen LogP contribution in [0.1, 0.15) is 19.8 Å². The van der Waals surface area contributed by atoms with Crippen LogP contribution in [0, 0.1) is 0 Å². The largest absolute Gasteiger partial charge is 0.493 e. The number of hydrogen-bond acceptors (Lipinski definition) is 5. The summed E-state index contributed by atoms with van der Waals surface area (Å²) in [4.78, 5) is 8.48. The van der Waals surface area contributed by atoms with E-state index in [1.165, 1.54) is 0 Å². The van der Waals surface area contributed by atoms with E-state index in [2.05, 4.69) is 22.2 Å². The fourth-order valence-electron chi connectivity index (χ4n) is 1.95. The lowest BCUT2D eigenvalue weighted by molar-refractivity contribution is 0.356. The Labute approximate surface area is 123 Å². The molecule has 6 heteroatoms. The highest BCUT2D eigenvalue weighted by Crippen LogP contribution is 2.34. The molecule has 0 spiro atoms. The number of nitrogens with zero attached hydrogens (tertiary/aromatic N) is 2. The van der Waals surface area contributed by atoms with Gasteiger partial charge in [-0.1, -0.05) is 13.3 Å². The number of aromatic nitrogens is 2. The van der Waals surface area contributed by atoms with Crippen molar-refractivity contribution in [3.8, 4) is 11.5 Å². The Morgan fingerprint density at radius 1 is 1.15 bits per heavy atom. The second-order valence-corrected chi connectivity index (χ2v) is 4.68. The van der Waals surface area contributed by atoms with Crippen molar-refractivity contribution in [1.29, 1.82) is 0 Å². The second-order valence-electron chi connectivity index (χ2n) is 4.35. The van der Waals surface area contributed by atoms with Crippen LogP contribution in [0.5, 0.6) is 11.5 Å². The molecule has 5 nitrogen and oxygen atoms in total. The van der Waals surface area contributed by atoms with Crippen LogP contribution < -0.4 is 14.8 Å². The summed E-state index contributed by atoms with van der Waals surface area (Å²) in [7, 11) is 3.19. The summed E-state index contributed by atoms with van der Waals surface area (Å²) in [5.74, 6) is 1.98. The van der Waals surface area contributed by atoms with Gasteiger partial charge < -0.3 is 14.8 Å². The van der Waals surface area contributed by atoms with E-state index < -0.39 is 0 Å². The topological polar surface area (TPSA) is 56.3 Å². The molecule has 0 aliphatic rings. The van der Waals surface area contributed by atoms with Gasteiger partial charge in [-0.05, 0) is 24.1 Å². The number of unbranched alkanes of at least 4 members (excludes halogenated alkanes) is 1. The van der Waals surface area contributed by atoms with Crippen LogP contribution in [-0.4, -0.2) is 30.7 Å². The smallest absolute Gasteiger partial charge is 0.224 e.